The van der Waals surface area contributed by atoms with Gasteiger partial charge in [0.15, 0.2) is 15.8 Å². The number of amides is 1. The molecule has 2 aromatic carbocycles. The molecule has 0 fully saturated rings. The van der Waals surface area contributed by atoms with Gasteiger partial charge in [-0.3, -0.25) is 4.79 Å². The number of methoxy groups -OCH3 is 3. The van der Waals surface area contributed by atoms with Crippen LogP contribution in [0.5, 0.6) is 17.2 Å². The van der Waals surface area contributed by atoms with Crippen LogP contribution in [-0.2, 0) is 17.0 Å². The van der Waals surface area contributed by atoms with E-state index in [0.717, 1.165) is 9.90 Å². The Morgan fingerprint density at radius 2 is 1.74 bits per heavy atom. The number of hydrogen-bond donors (Lipinski definition) is 1. The molecule has 1 aromatic heterocycles. The van der Waals surface area contributed by atoms with Crippen LogP contribution in [0, 0.1) is 11.3 Å². The van der Waals surface area contributed by atoms with Crippen molar-refractivity contribution in [3.63, 3.8) is 0 Å². The lowest BCUT2D eigenvalue weighted by Crippen LogP contribution is -2.14. The maximum atomic E-state index is 12.5. The molecule has 0 spiro atoms. The highest BCUT2D eigenvalue weighted by atomic mass is 32.2. The van der Waals surface area contributed by atoms with Crippen molar-refractivity contribution in [2.45, 2.75) is 16.5 Å². The van der Waals surface area contributed by atoms with Crippen LogP contribution in [0.1, 0.15) is 16.7 Å². The largest absolute Gasteiger partial charge is 0.493 e. The van der Waals surface area contributed by atoms with Crippen molar-refractivity contribution in [2.24, 2.45) is 0 Å². The average molecular weight is 457 g/mol. The van der Waals surface area contributed by atoms with Crippen LogP contribution < -0.4 is 19.5 Å². The Kier molecular flexibility index (Phi) is 7.70. The maximum Gasteiger partial charge on any atom is 0.230 e. The molecule has 0 bridgehead atoms. The third-order valence-corrected chi connectivity index (χ3v) is 6.23. The number of thioether (sulfide) groups is 1. The zero-order valence-corrected chi connectivity index (χ0v) is 18.8. The molecule has 0 aliphatic carbocycles. The van der Waals surface area contributed by atoms with Crippen LogP contribution in [0.2, 0.25) is 0 Å². The summed E-state index contributed by atoms with van der Waals surface area (Å²) < 4.78 is 16.7. The second kappa shape index (κ2) is 10.7. The molecule has 160 valence electrons. The topological polar surface area (TPSA) is 106 Å². The van der Waals surface area contributed by atoms with E-state index in [-0.39, 0.29) is 12.3 Å². The van der Waals surface area contributed by atoms with Crippen molar-refractivity contribution < 1.29 is 19.0 Å². The summed E-state index contributed by atoms with van der Waals surface area (Å²) in [5.41, 5.74) is 2.42. The number of hydrogen-bond acceptors (Lipinski definition) is 9. The summed E-state index contributed by atoms with van der Waals surface area (Å²) in [5.74, 6) is 1.92. The van der Waals surface area contributed by atoms with Gasteiger partial charge in [-0.25, -0.2) is 0 Å². The Bertz CT molecular complexity index is 1070. The standard InChI is InChI=1S/C21H20N4O4S2/c1-27-16-8-15(9-17(28-2)19(16)29-3)10-18(26)23-20-24-25-21(31-20)30-12-14-6-4-13(11-22)5-7-14/h4-9H,10,12H2,1-3H3,(H,23,24,26). The highest BCUT2D eigenvalue weighted by Crippen LogP contribution is 2.38. The Morgan fingerprint density at radius 1 is 1.06 bits per heavy atom. The number of rotatable bonds is 9. The van der Waals surface area contributed by atoms with Crippen LogP contribution in [-0.4, -0.2) is 37.4 Å². The van der Waals surface area contributed by atoms with Gasteiger partial charge in [0.2, 0.25) is 16.8 Å². The van der Waals surface area contributed by atoms with E-state index >= 15 is 0 Å². The summed E-state index contributed by atoms with van der Waals surface area (Å²) in [6.45, 7) is 0. The fraction of sp³-hybridized carbons (Fsp3) is 0.238. The number of nitrogens with one attached hydrogen (secondary N) is 1. The molecule has 31 heavy (non-hydrogen) atoms. The quantitative estimate of drug-likeness (QED) is 0.382. The monoisotopic (exact) mass is 456 g/mol. The third kappa shape index (κ3) is 5.87. The SMILES string of the molecule is COc1cc(CC(=O)Nc2nnc(SCc3ccc(C#N)cc3)s2)cc(OC)c1OC. The van der Waals surface area contributed by atoms with Crippen LogP contribution in [0.25, 0.3) is 0 Å². The molecular formula is C21H20N4O4S2. The van der Waals surface area contributed by atoms with Gasteiger partial charge in [-0.2, -0.15) is 5.26 Å². The minimum Gasteiger partial charge on any atom is -0.493 e. The van der Waals surface area contributed by atoms with Crippen molar-refractivity contribution in [3.8, 4) is 23.3 Å². The van der Waals surface area contributed by atoms with Gasteiger partial charge in [-0.15, -0.1) is 10.2 Å². The summed E-state index contributed by atoms with van der Waals surface area (Å²) in [4.78, 5) is 12.5. The third-order valence-electron chi connectivity index (χ3n) is 4.19. The van der Waals surface area contributed by atoms with Crippen LogP contribution >= 0.6 is 23.1 Å². The zero-order chi connectivity index (χ0) is 22.2. The minimum atomic E-state index is -0.228. The Labute approximate surface area is 188 Å². The summed E-state index contributed by atoms with van der Waals surface area (Å²) in [6, 6.07) is 13.0. The molecule has 0 aliphatic rings. The highest BCUT2D eigenvalue weighted by Gasteiger charge is 2.16. The van der Waals surface area contributed by atoms with E-state index in [1.807, 2.05) is 12.1 Å². The number of aromatic nitrogens is 2. The Hall–Kier alpha value is -3.29. The molecule has 0 saturated carbocycles. The fourth-order valence-electron chi connectivity index (χ4n) is 2.73. The number of ether oxygens (including phenoxy) is 3. The maximum absolute atomic E-state index is 12.5. The van der Waals surface area contributed by atoms with Gasteiger partial charge < -0.3 is 19.5 Å². The van der Waals surface area contributed by atoms with Gasteiger partial charge in [-0.1, -0.05) is 35.2 Å². The van der Waals surface area contributed by atoms with E-state index in [0.29, 0.717) is 39.3 Å². The molecule has 0 saturated heterocycles. The van der Waals surface area contributed by atoms with E-state index in [2.05, 4.69) is 21.6 Å². The summed E-state index contributed by atoms with van der Waals surface area (Å²) in [6.07, 6.45) is 0.115. The summed E-state index contributed by atoms with van der Waals surface area (Å²) in [7, 11) is 4.58. The number of carbonyl (C=O) groups is 1. The Morgan fingerprint density at radius 3 is 2.32 bits per heavy atom. The van der Waals surface area contributed by atoms with E-state index in [4.69, 9.17) is 19.5 Å². The smallest absolute Gasteiger partial charge is 0.230 e. The molecule has 1 heterocycles. The van der Waals surface area contributed by atoms with Crippen molar-refractivity contribution >= 4 is 34.1 Å². The predicted octanol–water partition coefficient (Wildman–Crippen LogP) is 3.91. The normalized spacial score (nSPS) is 10.3. The molecule has 0 aliphatic heterocycles. The predicted molar refractivity (Wildman–Crippen MR) is 119 cm³/mol. The van der Waals surface area contributed by atoms with Gasteiger partial charge in [0.1, 0.15) is 0 Å². The second-order valence-electron chi connectivity index (χ2n) is 6.23. The van der Waals surface area contributed by atoms with Crippen molar-refractivity contribution in [2.75, 3.05) is 26.6 Å². The zero-order valence-electron chi connectivity index (χ0n) is 17.2. The molecule has 0 atom stereocenters. The molecule has 0 radical (unpaired) electrons. The van der Waals surface area contributed by atoms with E-state index in [9.17, 15) is 4.79 Å². The molecule has 10 heteroatoms. The van der Waals surface area contributed by atoms with Crippen molar-refractivity contribution in [1.29, 1.82) is 5.26 Å². The summed E-state index contributed by atoms with van der Waals surface area (Å²) >= 11 is 2.82. The molecule has 8 nitrogen and oxygen atoms in total. The molecule has 0 unspecified atom stereocenters. The first-order valence-electron chi connectivity index (χ1n) is 9.10. The van der Waals surface area contributed by atoms with E-state index in [1.54, 1.807) is 24.3 Å². The van der Waals surface area contributed by atoms with Crippen molar-refractivity contribution in [1.82, 2.24) is 10.2 Å². The van der Waals surface area contributed by atoms with Gasteiger partial charge in [-0.05, 0) is 35.4 Å². The first-order valence-corrected chi connectivity index (χ1v) is 10.9. The first-order chi connectivity index (χ1) is 15.1. The lowest BCUT2D eigenvalue weighted by Gasteiger charge is -2.13. The Balaban J connectivity index is 1.59. The van der Waals surface area contributed by atoms with Gasteiger partial charge in [0.25, 0.3) is 0 Å². The number of nitriles is 1. The van der Waals surface area contributed by atoms with Crippen LogP contribution in [0.3, 0.4) is 0 Å². The first kappa shape index (κ1) is 22.4. The lowest BCUT2D eigenvalue weighted by molar-refractivity contribution is -0.115. The van der Waals surface area contributed by atoms with Gasteiger partial charge in [0.05, 0.1) is 39.4 Å². The number of benzene rings is 2. The molecule has 3 rings (SSSR count). The molecule has 1 N–H and O–H groups in total. The fourth-order valence-corrected chi connectivity index (χ4v) is 4.45. The lowest BCUT2D eigenvalue weighted by atomic mass is 10.1. The number of nitrogens with zero attached hydrogens (tertiary/aromatic N) is 3. The molecule has 1 amide bonds. The number of carbonyl (C=O) groups excluding carboxylic acids is 1. The van der Waals surface area contributed by atoms with E-state index < -0.39 is 0 Å². The molecule has 3 aromatic rings. The summed E-state index contributed by atoms with van der Waals surface area (Å²) in [5, 5.41) is 20.2. The van der Waals surface area contributed by atoms with Gasteiger partial charge in [0, 0.05) is 5.75 Å². The van der Waals surface area contributed by atoms with E-state index in [1.165, 1.54) is 44.4 Å². The minimum absolute atomic E-state index is 0.115. The van der Waals surface area contributed by atoms with Crippen LogP contribution in [0.15, 0.2) is 40.7 Å². The highest BCUT2D eigenvalue weighted by molar-refractivity contribution is 8.00. The second-order valence-corrected chi connectivity index (χ2v) is 8.43. The number of anilines is 1. The molecular weight excluding hydrogens is 436 g/mol. The van der Waals surface area contributed by atoms with Crippen molar-refractivity contribution in [3.05, 3.63) is 53.1 Å². The van der Waals surface area contributed by atoms with Gasteiger partial charge >= 0.3 is 0 Å². The average Bonchev–Trinajstić information content (AvgIpc) is 3.24. The van der Waals surface area contributed by atoms with Crippen LogP contribution in [0.4, 0.5) is 5.13 Å².